The molecule has 1 unspecified atom stereocenters. The smallest absolute Gasteiger partial charge is 0.221 e. The summed E-state index contributed by atoms with van der Waals surface area (Å²) in [6.45, 7) is 5.44. The molecule has 0 aromatic carbocycles. The fourth-order valence-corrected chi connectivity index (χ4v) is 1.46. The molecule has 2 N–H and O–H groups in total. The molecule has 5 nitrogen and oxygen atoms in total. The lowest BCUT2D eigenvalue weighted by atomic mass is 10.2. The van der Waals surface area contributed by atoms with E-state index in [0.717, 1.165) is 18.8 Å². The molecule has 1 heterocycles. The Morgan fingerprint density at radius 1 is 1.67 bits per heavy atom. The lowest BCUT2D eigenvalue weighted by molar-refractivity contribution is -0.114. The molecule has 5 heteroatoms. The first kappa shape index (κ1) is 11.7. The normalized spacial score (nSPS) is 12.5. The van der Waals surface area contributed by atoms with E-state index in [-0.39, 0.29) is 5.91 Å². The van der Waals surface area contributed by atoms with Crippen LogP contribution >= 0.6 is 0 Å². The zero-order valence-electron chi connectivity index (χ0n) is 9.45. The van der Waals surface area contributed by atoms with Crippen molar-refractivity contribution in [1.82, 2.24) is 15.1 Å². The molecule has 1 rings (SSSR count). The van der Waals surface area contributed by atoms with Gasteiger partial charge in [0.15, 0.2) is 0 Å². The van der Waals surface area contributed by atoms with Crippen molar-refractivity contribution in [3.05, 3.63) is 12.4 Å². The number of hydrogen-bond donors (Lipinski definition) is 2. The number of amides is 1. The maximum Gasteiger partial charge on any atom is 0.221 e. The van der Waals surface area contributed by atoms with Crippen LogP contribution in [0.25, 0.3) is 0 Å². The van der Waals surface area contributed by atoms with Crippen LogP contribution in [0.2, 0.25) is 0 Å². The van der Waals surface area contributed by atoms with Crippen molar-refractivity contribution in [2.45, 2.75) is 20.4 Å². The summed E-state index contributed by atoms with van der Waals surface area (Å²) in [5.74, 6) is 0.443. The lowest BCUT2D eigenvalue weighted by Crippen LogP contribution is -2.20. The predicted octanol–water partition coefficient (Wildman–Crippen LogP) is 0.697. The second-order valence-electron chi connectivity index (χ2n) is 3.80. The number of nitrogens with zero attached hydrogens (tertiary/aromatic N) is 2. The first-order valence-corrected chi connectivity index (χ1v) is 5.06. The average Bonchev–Trinajstić information content (AvgIpc) is 2.51. The van der Waals surface area contributed by atoms with Gasteiger partial charge >= 0.3 is 0 Å². The predicted molar refractivity (Wildman–Crippen MR) is 59.6 cm³/mol. The van der Waals surface area contributed by atoms with Crippen molar-refractivity contribution in [1.29, 1.82) is 0 Å². The summed E-state index contributed by atoms with van der Waals surface area (Å²) in [5, 5.41) is 9.97. The van der Waals surface area contributed by atoms with Crippen LogP contribution in [0.4, 0.5) is 5.69 Å². The van der Waals surface area contributed by atoms with Gasteiger partial charge in [0.05, 0.1) is 11.9 Å². The second-order valence-corrected chi connectivity index (χ2v) is 3.80. The molecule has 0 aliphatic carbocycles. The molecule has 15 heavy (non-hydrogen) atoms. The van der Waals surface area contributed by atoms with Gasteiger partial charge in [0.25, 0.3) is 0 Å². The molecule has 0 saturated carbocycles. The van der Waals surface area contributed by atoms with E-state index < -0.39 is 0 Å². The molecule has 1 amide bonds. The van der Waals surface area contributed by atoms with E-state index in [2.05, 4.69) is 22.7 Å². The van der Waals surface area contributed by atoms with Gasteiger partial charge in [-0.3, -0.25) is 9.48 Å². The first-order chi connectivity index (χ1) is 7.11. The molecule has 1 atom stereocenters. The highest BCUT2D eigenvalue weighted by atomic mass is 16.1. The SMILES string of the molecule is CNCC(C)Cn1cc(NC(C)=O)cn1. The van der Waals surface area contributed by atoms with Crippen molar-refractivity contribution < 1.29 is 4.79 Å². The topological polar surface area (TPSA) is 59.0 Å². The highest BCUT2D eigenvalue weighted by Gasteiger charge is 2.04. The van der Waals surface area contributed by atoms with Crippen molar-refractivity contribution in [2.75, 3.05) is 18.9 Å². The van der Waals surface area contributed by atoms with Gasteiger partial charge in [-0.25, -0.2) is 0 Å². The van der Waals surface area contributed by atoms with Gasteiger partial charge in [0.2, 0.25) is 5.91 Å². The summed E-state index contributed by atoms with van der Waals surface area (Å²) in [6.07, 6.45) is 3.50. The third-order valence-corrected chi connectivity index (χ3v) is 2.00. The maximum atomic E-state index is 10.8. The van der Waals surface area contributed by atoms with Crippen molar-refractivity contribution >= 4 is 11.6 Å². The number of nitrogens with one attached hydrogen (secondary N) is 2. The molecule has 0 radical (unpaired) electrons. The molecule has 0 saturated heterocycles. The summed E-state index contributed by atoms with van der Waals surface area (Å²) in [6, 6.07) is 0. The van der Waals surface area contributed by atoms with E-state index in [4.69, 9.17) is 0 Å². The summed E-state index contributed by atoms with van der Waals surface area (Å²) >= 11 is 0. The van der Waals surface area contributed by atoms with E-state index in [1.807, 2.05) is 17.9 Å². The Balaban J connectivity index is 2.48. The third kappa shape index (κ3) is 4.12. The highest BCUT2D eigenvalue weighted by Crippen LogP contribution is 2.06. The van der Waals surface area contributed by atoms with Gasteiger partial charge in [-0.05, 0) is 19.5 Å². The van der Waals surface area contributed by atoms with Gasteiger partial charge in [-0.15, -0.1) is 0 Å². The van der Waals surface area contributed by atoms with E-state index in [1.165, 1.54) is 6.92 Å². The Hall–Kier alpha value is -1.36. The minimum atomic E-state index is -0.0715. The van der Waals surface area contributed by atoms with E-state index in [9.17, 15) is 4.79 Å². The second kappa shape index (κ2) is 5.50. The Bertz CT molecular complexity index is 321. The van der Waals surface area contributed by atoms with Gasteiger partial charge in [-0.2, -0.15) is 5.10 Å². The van der Waals surface area contributed by atoms with E-state index >= 15 is 0 Å². The molecule has 1 aromatic rings. The molecule has 1 aromatic heterocycles. The number of rotatable bonds is 5. The summed E-state index contributed by atoms with van der Waals surface area (Å²) < 4.78 is 1.84. The number of carbonyl (C=O) groups is 1. The van der Waals surface area contributed by atoms with Crippen LogP contribution < -0.4 is 10.6 Å². The van der Waals surface area contributed by atoms with Crippen LogP contribution in [0.5, 0.6) is 0 Å². The molecular weight excluding hydrogens is 192 g/mol. The first-order valence-electron chi connectivity index (χ1n) is 5.06. The molecule has 0 fully saturated rings. The minimum Gasteiger partial charge on any atom is -0.324 e. The highest BCUT2D eigenvalue weighted by molar-refractivity contribution is 5.88. The van der Waals surface area contributed by atoms with Crippen molar-refractivity contribution in [2.24, 2.45) is 5.92 Å². The summed E-state index contributed by atoms with van der Waals surface area (Å²) in [4.78, 5) is 10.8. The fourth-order valence-electron chi connectivity index (χ4n) is 1.46. The quantitative estimate of drug-likeness (QED) is 0.752. The molecule has 0 spiro atoms. The van der Waals surface area contributed by atoms with Crippen LogP contribution in [0.3, 0.4) is 0 Å². The van der Waals surface area contributed by atoms with Crippen molar-refractivity contribution in [3.8, 4) is 0 Å². The van der Waals surface area contributed by atoms with Crippen LogP contribution in [0.15, 0.2) is 12.4 Å². The van der Waals surface area contributed by atoms with Crippen LogP contribution in [0, 0.1) is 5.92 Å². The molecule has 0 aliphatic heterocycles. The number of hydrogen-bond acceptors (Lipinski definition) is 3. The number of anilines is 1. The lowest BCUT2D eigenvalue weighted by Gasteiger charge is -2.09. The Morgan fingerprint density at radius 2 is 2.40 bits per heavy atom. The molecule has 0 aliphatic rings. The van der Waals surface area contributed by atoms with E-state index in [1.54, 1.807) is 6.20 Å². The maximum absolute atomic E-state index is 10.8. The van der Waals surface area contributed by atoms with Crippen molar-refractivity contribution in [3.63, 3.8) is 0 Å². The summed E-state index contributed by atoms with van der Waals surface area (Å²) in [7, 11) is 1.93. The Kier molecular flexibility index (Phi) is 4.30. The van der Waals surface area contributed by atoms with Gasteiger partial charge in [0.1, 0.15) is 0 Å². The Labute approximate surface area is 89.9 Å². The van der Waals surface area contributed by atoms with Crippen LogP contribution in [-0.2, 0) is 11.3 Å². The molecule has 84 valence electrons. The monoisotopic (exact) mass is 210 g/mol. The van der Waals surface area contributed by atoms with Gasteiger partial charge < -0.3 is 10.6 Å². The standard InChI is InChI=1S/C10H18N4O/c1-8(4-11-3)6-14-7-10(5-12-14)13-9(2)15/h5,7-8,11H,4,6H2,1-3H3,(H,13,15). The van der Waals surface area contributed by atoms with Gasteiger partial charge in [0, 0.05) is 19.7 Å². The minimum absolute atomic E-state index is 0.0715. The third-order valence-electron chi connectivity index (χ3n) is 2.00. The summed E-state index contributed by atoms with van der Waals surface area (Å²) in [5.41, 5.74) is 0.749. The molecular formula is C10H18N4O. The van der Waals surface area contributed by atoms with E-state index in [0.29, 0.717) is 5.92 Å². The number of aromatic nitrogens is 2. The Morgan fingerprint density at radius 3 is 3.00 bits per heavy atom. The average molecular weight is 210 g/mol. The van der Waals surface area contributed by atoms with Crippen LogP contribution in [-0.4, -0.2) is 29.3 Å². The van der Waals surface area contributed by atoms with Crippen LogP contribution in [0.1, 0.15) is 13.8 Å². The van der Waals surface area contributed by atoms with Gasteiger partial charge in [-0.1, -0.05) is 6.92 Å². The number of carbonyl (C=O) groups excluding carboxylic acids is 1. The zero-order valence-corrected chi connectivity index (χ0v) is 9.45. The largest absolute Gasteiger partial charge is 0.324 e. The zero-order chi connectivity index (χ0) is 11.3. The fraction of sp³-hybridized carbons (Fsp3) is 0.600. The molecule has 0 bridgehead atoms.